The third-order valence-electron chi connectivity index (χ3n) is 3.92. The van der Waals surface area contributed by atoms with Crippen molar-refractivity contribution < 1.29 is 22.7 Å². The fourth-order valence-corrected chi connectivity index (χ4v) is 3.32. The van der Waals surface area contributed by atoms with Crippen LogP contribution in [-0.2, 0) is 24.6 Å². The van der Waals surface area contributed by atoms with Gasteiger partial charge in [-0.25, -0.2) is 0 Å². The number of carbonyl (C=O) groups is 1. The zero-order valence-corrected chi connectivity index (χ0v) is 17.2. The maximum absolute atomic E-state index is 12.8. The van der Waals surface area contributed by atoms with Crippen LogP contribution in [0.3, 0.4) is 0 Å². The van der Waals surface area contributed by atoms with Crippen LogP contribution in [0.4, 0.5) is 18.9 Å². The van der Waals surface area contributed by atoms with Crippen LogP contribution in [0.15, 0.2) is 53.7 Å². The van der Waals surface area contributed by atoms with Gasteiger partial charge in [-0.05, 0) is 30.3 Å². The fraction of sp³-hybridized carbons (Fsp3) is 0.211. The SMILES string of the molecule is Cn1c(COc2ccccc2Cl)nnc1SCC(=O)Nc1cccc(C(F)(F)F)c1. The summed E-state index contributed by atoms with van der Waals surface area (Å²) >= 11 is 7.15. The van der Waals surface area contributed by atoms with E-state index in [0.29, 0.717) is 21.8 Å². The minimum Gasteiger partial charge on any atom is -0.484 e. The molecular weight excluding hydrogens is 441 g/mol. The van der Waals surface area contributed by atoms with Crippen molar-refractivity contribution in [1.82, 2.24) is 14.8 Å². The molecule has 1 heterocycles. The van der Waals surface area contributed by atoms with Crippen LogP contribution in [0.5, 0.6) is 5.75 Å². The van der Waals surface area contributed by atoms with Gasteiger partial charge in [-0.1, -0.05) is 41.6 Å². The van der Waals surface area contributed by atoms with Crippen molar-refractivity contribution in [2.75, 3.05) is 11.1 Å². The molecule has 30 heavy (non-hydrogen) atoms. The molecule has 158 valence electrons. The molecule has 2 aromatic carbocycles. The van der Waals surface area contributed by atoms with E-state index in [1.165, 1.54) is 12.1 Å². The van der Waals surface area contributed by atoms with E-state index < -0.39 is 17.6 Å². The molecular formula is C19H16ClF3N4O2S. The molecule has 11 heteroatoms. The van der Waals surface area contributed by atoms with Crippen molar-refractivity contribution in [2.45, 2.75) is 17.9 Å². The second-order valence-corrected chi connectivity index (χ2v) is 7.44. The van der Waals surface area contributed by atoms with Gasteiger partial charge >= 0.3 is 6.18 Å². The smallest absolute Gasteiger partial charge is 0.416 e. The van der Waals surface area contributed by atoms with Crippen molar-refractivity contribution >= 4 is 35.0 Å². The molecule has 0 saturated heterocycles. The van der Waals surface area contributed by atoms with Crippen LogP contribution >= 0.6 is 23.4 Å². The summed E-state index contributed by atoms with van der Waals surface area (Å²) in [6.07, 6.45) is -4.48. The minimum atomic E-state index is -4.48. The van der Waals surface area contributed by atoms with Crippen molar-refractivity contribution in [2.24, 2.45) is 7.05 Å². The predicted molar refractivity (Wildman–Crippen MR) is 108 cm³/mol. The number of amides is 1. The van der Waals surface area contributed by atoms with Gasteiger partial charge in [0.25, 0.3) is 0 Å². The lowest BCUT2D eigenvalue weighted by atomic mass is 10.2. The Morgan fingerprint density at radius 1 is 1.20 bits per heavy atom. The van der Waals surface area contributed by atoms with Crippen LogP contribution in [-0.4, -0.2) is 26.4 Å². The molecule has 6 nitrogen and oxygen atoms in total. The van der Waals surface area contributed by atoms with Gasteiger partial charge in [-0.3, -0.25) is 4.79 Å². The Kier molecular flexibility index (Phi) is 6.88. The van der Waals surface area contributed by atoms with Crippen molar-refractivity contribution in [3.8, 4) is 5.75 Å². The second-order valence-electron chi connectivity index (χ2n) is 6.09. The van der Waals surface area contributed by atoms with Crippen LogP contribution in [0, 0.1) is 0 Å². The van der Waals surface area contributed by atoms with Gasteiger partial charge in [0.2, 0.25) is 5.91 Å². The number of aromatic nitrogens is 3. The highest BCUT2D eigenvalue weighted by Gasteiger charge is 2.30. The molecule has 0 spiro atoms. The van der Waals surface area contributed by atoms with E-state index in [9.17, 15) is 18.0 Å². The van der Waals surface area contributed by atoms with Gasteiger partial charge in [-0.15, -0.1) is 10.2 Å². The Balaban J connectivity index is 1.55. The summed E-state index contributed by atoms with van der Waals surface area (Å²) in [4.78, 5) is 12.1. The Morgan fingerprint density at radius 3 is 2.70 bits per heavy atom. The first kappa shape index (κ1) is 22.0. The number of anilines is 1. The van der Waals surface area contributed by atoms with Crippen LogP contribution in [0.2, 0.25) is 5.02 Å². The molecule has 1 N–H and O–H groups in total. The maximum atomic E-state index is 12.8. The number of nitrogens with one attached hydrogen (secondary N) is 1. The van der Waals surface area contributed by atoms with Crippen molar-refractivity contribution in [1.29, 1.82) is 0 Å². The van der Waals surface area contributed by atoms with E-state index in [0.717, 1.165) is 23.9 Å². The molecule has 0 bridgehead atoms. The number of benzene rings is 2. The topological polar surface area (TPSA) is 69.0 Å². The lowest BCUT2D eigenvalue weighted by Crippen LogP contribution is -2.15. The quantitative estimate of drug-likeness (QED) is 0.517. The molecule has 0 aliphatic rings. The molecule has 3 aromatic rings. The van der Waals surface area contributed by atoms with E-state index in [2.05, 4.69) is 15.5 Å². The maximum Gasteiger partial charge on any atom is 0.416 e. The highest BCUT2D eigenvalue weighted by atomic mass is 35.5. The largest absolute Gasteiger partial charge is 0.484 e. The second kappa shape index (κ2) is 9.40. The van der Waals surface area contributed by atoms with Gasteiger partial charge in [-0.2, -0.15) is 13.2 Å². The van der Waals surface area contributed by atoms with Gasteiger partial charge < -0.3 is 14.6 Å². The molecule has 3 rings (SSSR count). The lowest BCUT2D eigenvalue weighted by Gasteiger charge is -2.10. The fourth-order valence-electron chi connectivity index (χ4n) is 2.40. The number of hydrogen-bond donors (Lipinski definition) is 1. The molecule has 0 aliphatic carbocycles. The van der Waals surface area contributed by atoms with Crippen LogP contribution in [0.1, 0.15) is 11.4 Å². The van der Waals surface area contributed by atoms with Crippen molar-refractivity contribution in [3.05, 3.63) is 64.9 Å². The van der Waals surface area contributed by atoms with Crippen LogP contribution < -0.4 is 10.1 Å². The highest BCUT2D eigenvalue weighted by Crippen LogP contribution is 2.30. The van der Waals surface area contributed by atoms with Gasteiger partial charge in [0.1, 0.15) is 12.4 Å². The standard InChI is InChI=1S/C19H16ClF3N4O2S/c1-27-16(10-29-15-8-3-2-7-14(15)20)25-26-18(27)30-11-17(28)24-13-6-4-5-12(9-13)19(21,22)23/h2-9H,10-11H2,1H3,(H,24,28). The first-order valence-corrected chi connectivity index (χ1v) is 9.96. The number of halogens is 4. The van der Waals surface area contributed by atoms with E-state index in [-0.39, 0.29) is 18.0 Å². The number of carbonyl (C=O) groups excluding carboxylic acids is 1. The number of thioether (sulfide) groups is 1. The molecule has 0 radical (unpaired) electrons. The average molecular weight is 457 g/mol. The zero-order chi connectivity index (χ0) is 21.7. The molecule has 1 amide bonds. The summed E-state index contributed by atoms with van der Waals surface area (Å²) in [6.45, 7) is 0.129. The van der Waals surface area contributed by atoms with E-state index in [1.54, 1.807) is 35.9 Å². The third-order valence-corrected chi connectivity index (χ3v) is 5.26. The van der Waals surface area contributed by atoms with Gasteiger partial charge in [0.05, 0.1) is 16.3 Å². The predicted octanol–water partition coefficient (Wildman–Crippen LogP) is 4.80. The Bertz CT molecular complexity index is 1040. The zero-order valence-electron chi connectivity index (χ0n) is 15.6. The summed E-state index contributed by atoms with van der Waals surface area (Å²) in [5.74, 6) is 0.525. The number of para-hydroxylation sites is 1. The normalized spacial score (nSPS) is 11.4. The summed E-state index contributed by atoms with van der Waals surface area (Å²) in [7, 11) is 1.72. The summed E-state index contributed by atoms with van der Waals surface area (Å²) in [5.41, 5.74) is -0.758. The Hall–Kier alpha value is -2.72. The summed E-state index contributed by atoms with van der Waals surface area (Å²) in [6, 6.07) is 11.5. The van der Waals surface area contributed by atoms with Gasteiger partial charge in [0, 0.05) is 12.7 Å². The monoisotopic (exact) mass is 456 g/mol. The first-order chi connectivity index (χ1) is 14.2. The molecule has 0 atom stereocenters. The number of ether oxygens (including phenoxy) is 1. The lowest BCUT2D eigenvalue weighted by molar-refractivity contribution is -0.137. The molecule has 0 fully saturated rings. The average Bonchev–Trinajstić information content (AvgIpc) is 3.05. The highest BCUT2D eigenvalue weighted by molar-refractivity contribution is 7.99. The summed E-state index contributed by atoms with van der Waals surface area (Å²) < 4.78 is 45.6. The van der Waals surface area contributed by atoms with E-state index in [1.807, 2.05) is 0 Å². The molecule has 0 unspecified atom stereocenters. The summed E-state index contributed by atoms with van der Waals surface area (Å²) in [5, 5.41) is 11.4. The molecule has 1 aromatic heterocycles. The van der Waals surface area contributed by atoms with Crippen LogP contribution in [0.25, 0.3) is 0 Å². The number of alkyl halides is 3. The van der Waals surface area contributed by atoms with E-state index >= 15 is 0 Å². The van der Waals surface area contributed by atoms with E-state index in [4.69, 9.17) is 16.3 Å². The first-order valence-electron chi connectivity index (χ1n) is 8.59. The minimum absolute atomic E-state index is 0.0480. The molecule has 0 aliphatic heterocycles. The van der Waals surface area contributed by atoms with Gasteiger partial charge in [0.15, 0.2) is 11.0 Å². The Labute approximate surface area is 179 Å². The molecule has 0 saturated carbocycles. The third kappa shape index (κ3) is 5.67. The number of rotatable bonds is 7. The Morgan fingerprint density at radius 2 is 1.97 bits per heavy atom. The number of nitrogens with zero attached hydrogens (tertiary/aromatic N) is 3. The number of hydrogen-bond acceptors (Lipinski definition) is 5. The van der Waals surface area contributed by atoms with Crippen molar-refractivity contribution in [3.63, 3.8) is 0 Å².